The van der Waals surface area contributed by atoms with Crippen LogP contribution in [0.25, 0.3) is 0 Å². The first kappa shape index (κ1) is 24.3. The van der Waals surface area contributed by atoms with Crippen LogP contribution in [0.4, 0.5) is 0 Å². The van der Waals surface area contributed by atoms with Crippen LogP contribution in [0.15, 0.2) is 34.9 Å². The fourth-order valence-corrected chi connectivity index (χ4v) is 2.89. The molecule has 0 aromatic heterocycles. The van der Waals surface area contributed by atoms with Crippen LogP contribution in [0.5, 0.6) is 0 Å². The van der Waals surface area contributed by atoms with E-state index >= 15 is 0 Å². The zero-order chi connectivity index (χ0) is 20.3. The van der Waals surface area contributed by atoms with E-state index in [0.29, 0.717) is 6.42 Å². The van der Waals surface area contributed by atoms with E-state index in [2.05, 4.69) is 38.2 Å². The van der Waals surface area contributed by atoms with Gasteiger partial charge in [0.25, 0.3) is 0 Å². The number of amides is 1. The Morgan fingerprint density at radius 1 is 1.00 bits per heavy atom. The first-order valence-corrected chi connectivity index (χ1v) is 10.2. The molecule has 0 aliphatic carbocycles. The van der Waals surface area contributed by atoms with Crippen molar-refractivity contribution in [2.45, 2.75) is 59.4 Å². The number of carboxylic acids is 1. The molecule has 0 aromatic rings. The molecule has 0 saturated heterocycles. The molecular formula is C18H30NO6P. The predicted octanol–water partition coefficient (Wildman–Crippen LogP) is 3.15. The monoisotopic (exact) mass is 387 g/mol. The molecule has 7 nitrogen and oxygen atoms in total. The normalized spacial score (nSPS) is 13.9. The smallest absolute Gasteiger partial charge is 0.328 e. The highest BCUT2D eigenvalue weighted by molar-refractivity contribution is 7.51. The molecule has 1 atom stereocenters. The van der Waals surface area contributed by atoms with Gasteiger partial charge in [0.15, 0.2) is 0 Å². The van der Waals surface area contributed by atoms with Gasteiger partial charge in [0.2, 0.25) is 5.91 Å². The summed E-state index contributed by atoms with van der Waals surface area (Å²) in [6.45, 7) is 7.94. The summed E-state index contributed by atoms with van der Waals surface area (Å²) in [6, 6.07) is -1.62. The summed E-state index contributed by atoms with van der Waals surface area (Å²) in [7, 11) is -4.54. The first-order chi connectivity index (χ1) is 11.9. The average molecular weight is 387 g/mol. The summed E-state index contributed by atoms with van der Waals surface area (Å²) in [5.74, 6) is -2.16. The van der Waals surface area contributed by atoms with Gasteiger partial charge < -0.3 is 20.2 Å². The Morgan fingerprint density at radius 2 is 1.54 bits per heavy atom. The molecule has 148 valence electrons. The Labute approximate surface area is 155 Å². The molecule has 0 fully saturated rings. The highest BCUT2D eigenvalue weighted by atomic mass is 31.2. The highest BCUT2D eigenvalue weighted by Gasteiger charge is 2.28. The molecule has 26 heavy (non-hydrogen) atoms. The number of hydrogen-bond donors (Lipinski definition) is 4. The maximum absolute atomic E-state index is 11.8. The fraction of sp³-hybridized carbons (Fsp3) is 0.556. The molecule has 0 heterocycles. The van der Waals surface area contributed by atoms with Crippen LogP contribution < -0.4 is 5.32 Å². The van der Waals surface area contributed by atoms with E-state index in [1.807, 2.05) is 0 Å². The van der Waals surface area contributed by atoms with Gasteiger partial charge in [0.1, 0.15) is 6.04 Å². The molecule has 0 aliphatic heterocycles. The predicted molar refractivity (Wildman–Crippen MR) is 102 cm³/mol. The van der Waals surface area contributed by atoms with Gasteiger partial charge in [0.05, 0.1) is 6.16 Å². The lowest BCUT2D eigenvalue weighted by atomic mass is 10.1. The summed E-state index contributed by atoms with van der Waals surface area (Å²) in [5.41, 5.74) is 3.32. The minimum atomic E-state index is -4.54. The van der Waals surface area contributed by atoms with Gasteiger partial charge in [-0.05, 0) is 53.4 Å². The number of allylic oxidation sites excluding steroid dienone is 5. The average Bonchev–Trinajstić information content (AvgIpc) is 2.44. The van der Waals surface area contributed by atoms with Crippen molar-refractivity contribution >= 4 is 19.5 Å². The molecule has 0 aliphatic rings. The van der Waals surface area contributed by atoms with E-state index < -0.39 is 31.7 Å². The van der Waals surface area contributed by atoms with Gasteiger partial charge in [0, 0.05) is 6.08 Å². The van der Waals surface area contributed by atoms with Crippen molar-refractivity contribution in [2.24, 2.45) is 0 Å². The second kappa shape index (κ2) is 11.8. The van der Waals surface area contributed by atoms with Crippen LogP contribution in [-0.2, 0) is 14.2 Å². The number of carboxylic acid groups (broad SMARTS) is 1. The summed E-state index contributed by atoms with van der Waals surface area (Å²) < 4.78 is 10.9. The lowest BCUT2D eigenvalue weighted by Gasteiger charge is -2.14. The van der Waals surface area contributed by atoms with Crippen LogP contribution in [0.2, 0.25) is 0 Å². The third-order valence-electron chi connectivity index (χ3n) is 3.54. The van der Waals surface area contributed by atoms with Crippen LogP contribution in [0.1, 0.15) is 53.4 Å². The van der Waals surface area contributed by atoms with Crippen molar-refractivity contribution in [2.75, 3.05) is 6.16 Å². The van der Waals surface area contributed by atoms with E-state index in [9.17, 15) is 14.2 Å². The highest BCUT2D eigenvalue weighted by Crippen LogP contribution is 2.34. The molecule has 0 bridgehead atoms. The Balaban J connectivity index is 4.52. The SMILES string of the molecule is CC(C)=CCC/C(C)=C/CC/C(C)=C/C(=O)N[C@H](CP(=O)(O)O)C(=O)O. The van der Waals surface area contributed by atoms with Gasteiger partial charge in [-0.3, -0.25) is 9.36 Å². The van der Waals surface area contributed by atoms with Crippen molar-refractivity contribution in [3.63, 3.8) is 0 Å². The number of rotatable bonds is 11. The fourth-order valence-electron chi connectivity index (χ4n) is 2.17. The quantitative estimate of drug-likeness (QED) is 0.245. The van der Waals surface area contributed by atoms with Crippen LogP contribution in [-0.4, -0.2) is 39.0 Å². The third kappa shape index (κ3) is 13.6. The van der Waals surface area contributed by atoms with Crippen molar-refractivity contribution in [3.05, 3.63) is 34.9 Å². The van der Waals surface area contributed by atoms with Crippen molar-refractivity contribution < 1.29 is 29.0 Å². The first-order valence-electron chi connectivity index (χ1n) is 8.44. The second-order valence-electron chi connectivity index (χ2n) is 6.65. The molecule has 4 N–H and O–H groups in total. The van der Waals surface area contributed by atoms with Crippen LogP contribution >= 0.6 is 7.60 Å². The lowest BCUT2D eigenvalue weighted by Crippen LogP contribution is -2.42. The van der Waals surface area contributed by atoms with E-state index in [4.69, 9.17) is 14.9 Å². The van der Waals surface area contributed by atoms with Gasteiger partial charge >= 0.3 is 13.6 Å². The third-order valence-corrected chi connectivity index (χ3v) is 4.38. The van der Waals surface area contributed by atoms with E-state index in [-0.39, 0.29) is 0 Å². The zero-order valence-corrected chi connectivity index (χ0v) is 16.8. The molecule has 0 spiro atoms. The van der Waals surface area contributed by atoms with Gasteiger partial charge in [-0.2, -0.15) is 0 Å². The van der Waals surface area contributed by atoms with Crippen molar-refractivity contribution in [1.29, 1.82) is 0 Å². The van der Waals surface area contributed by atoms with Crippen molar-refractivity contribution in [1.82, 2.24) is 5.32 Å². The number of hydrogen-bond acceptors (Lipinski definition) is 3. The van der Waals surface area contributed by atoms with Gasteiger partial charge in [-0.1, -0.05) is 28.9 Å². The van der Waals surface area contributed by atoms with E-state index in [0.717, 1.165) is 24.8 Å². The number of aliphatic carboxylic acids is 1. The minimum absolute atomic E-state index is 0.642. The topological polar surface area (TPSA) is 124 Å². The minimum Gasteiger partial charge on any atom is -0.480 e. The number of carbonyl (C=O) groups is 2. The summed E-state index contributed by atoms with van der Waals surface area (Å²) >= 11 is 0. The van der Waals surface area contributed by atoms with Crippen molar-refractivity contribution in [3.8, 4) is 0 Å². The number of carbonyl (C=O) groups excluding carboxylic acids is 1. The maximum Gasteiger partial charge on any atom is 0.328 e. The molecule has 0 aromatic carbocycles. The Hall–Kier alpha value is -1.69. The Morgan fingerprint density at radius 3 is 2.04 bits per heavy atom. The molecule has 8 heteroatoms. The Kier molecular flexibility index (Phi) is 11.1. The lowest BCUT2D eigenvalue weighted by molar-refractivity contribution is -0.140. The van der Waals surface area contributed by atoms with Gasteiger partial charge in [-0.15, -0.1) is 0 Å². The van der Waals surface area contributed by atoms with Crippen LogP contribution in [0.3, 0.4) is 0 Å². The molecule has 1 amide bonds. The van der Waals surface area contributed by atoms with Crippen LogP contribution in [0, 0.1) is 0 Å². The molecule has 0 rings (SSSR count). The Bertz CT molecular complexity index is 626. The summed E-state index contributed by atoms with van der Waals surface area (Å²) in [4.78, 5) is 40.5. The largest absolute Gasteiger partial charge is 0.480 e. The maximum atomic E-state index is 11.8. The molecule has 0 radical (unpaired) electrons. The van der Waals surface area contributed by atoms with E-state index in [1.165, 1.54) is 17.2 Å². The zero-order valence-electron chi connectivity index (χ0n) is 15.9. The summed E-state index contributed by atoms with van der Waals surface area (Å²) in [5, 5.41) is 11.0. The summed E-state index contributed by atoms with van der Waals surface area (Å²) in [6.07, 6.45) is 8.02. The molecule has 0 saturated carbocycles. The number of nitrogens with one attached hydrogen (secondary N) is 1. The van der Waals surface area contributed by atoms with E-state index in [1.54, 1.807) is 6.92 Å². The molecular weight excluding hydrogens is 357 g/mol. The van der Waals surface area contributed by atoms with Gasteiger partial charge in [-0.25, -0.2) is 4.79 Å². The standard InChI is InChI=1S/C18H30NO6P/c1-13(2)7-5-8-14(3)9-6-10-15(4)11-17(20)19-16(18(21)22)12-26(23,24)25/h7,9,11,16H,5-6,8,10,12H2,1-4H3,(H,19,20)(H,21,22)(H2,23,24,25)/b14-9+,15-11+/t16-/m1/s1. The second-order valence-corrected chi connectivity index (χ2v) is 8.34. The molecule has 0 unspecified atom stereocenters.